The van der Waals surface area contributed by atoms with E-state index in [9.17, 15) is 13.2 Å². The first-order valence-corrected chi connectivity index (χ1v) is 7.93. The average molecular weight is 339 g/mol. The van der Waals surface area contributed by atoms with E-state index in [2.05, 4.69) is 15.4 Å². The molecule has 1 aromatic carbocycles. The van der Waals surface area contributed by atoms with Crippen LogP contribution in [0.2, 0.25) is 0 Å². The predicted molar refractivity (Wildman–Crippen MR) is 84.7 cm³/mol. The third-order valence-corrected chi connectivity index (χ3v) is 4.19. The molecule has 0 amide bonds. The first-order valence-electron chi connectivity index (χ1n) is 7.93. The van der Waals surface area contributed by atoms with Gasteiger partial charge < -0.3 is 10.2 Å². The maximum Gasteiger partial charge on any atom is 0.418 e. The lowest BCUT2D eigenvalue weighted by molar-refractivity contribution is -0.137. The summed E-state index contributed by atoms with van der Waals surface area (Å²) in [5, 5.41) is 7.53. The highest BCUT2D eigenvalue weighted by molar-refractivity contribution is 5.55. The maximum atomic E-state index is 13.2. The molecule has 0 saturated carbocycles. The van der Waals surface area contributed by atoms with Crippen molar-refractivity contribution in [1.82, 2.24) is 20.1 Å². The van der Waals surface area contributed by atoms with E-state index in [0.717, 1.165) is 12.5 Å². The monoisotopic (exact) mass is 339 g/mol. The number of nitrogens with one attached hydrogen (secondary N) is 1. The van der Waals surface area contributed by atoms with E-state index in [-0.39, 0.29) is 17.8 Å². The van der Waals surface area contributed by atoms with Crippen LogP contribution in [0.15, 0.2) is 36.9 Å². The molecule has 2 heterocycles. The van der Waals surface area contributed by atoms with Crippen molar-refractivity contribution in [2.45, 2.75) is 38.1 Å². The van der Waals surface area contributed by atoms with Gasteiger partial charge in [0.15, 0.2) is 0 Å². The second-order valence-corrected chi connectivity index (χ2v) is 6.13. The van der Waals surface area contributed by atoms with Crippen LogP contribution in [0.1, 0.15) is 18.9 Å². The van der Waals surface area contributed by atoms with E-state index in [1.165, 1.54) is 12.4 Å². The highest BCUT2D eigenvalue weighted by Gasteiger charge is 2.36. The van der Waals surface area contributed by atoms with Crippen LogP contribution in [-0.2, 0) is 12.7 Å². The Bertz CT molecular complexity index is 656. The van der Waals surface area contributed by atoms with E-state index in [0.29, 0.717) is 19.6 Å². The Morgan fingerprint density at radius 2 is 2.12 bits per heavy atom. The largest absolute Gasteiger partial charge is 0.418 e. The number of anilines is 1. The third-order valence-electron chi connectivity index (χ3n) is 4.19. The molecule has 0 radical (unpaired) electrons. The maximum absolute atomic E-state index is 13.2. The van der Waals surface area contributed by atoms with E-state index in [1.54, 1.807) is 23.1 Å². The molecule has 1 N–H and O–H groups in total. The minimum Gasteiger partial charge on any atom is -0.369 e. The van der Waals surface area contributed by atoms with Crippen LogP contribution in [0, 0.1) is 0 Å². The number of benzene rings is 1. The van der Waals surface area contributed by atoms with Gasteiger partial charge >= 0.3 is 6.18 Å². The zero-order chi connectivity index (χ0) is 17.2. The fraction of sp³-hybridized carbons (Fsp3) is 0.500. The second-order valence-electron chi connectivity index (χ2n) is 6.13. The molecule has 2 atom stereocenters. The molecule has 2 aromatic rings. The van der Waals surface area contributed by atoms with Crippen LogP contribution in [0.5, 0.6) is 0 Å². The normalized spacial score (nSPS) is 19.7. The molecule has 5 nitrogen and oxygen atoms in total. The SMILES string of the molecule is CC(Cn1cncn1)NC1CCN(c2ccccc2C(F)(F)F)C1. The van der Waals surface area contributed by atoms with Gasteiger partial charge in [0, 0.05) is 30.9 Å². The lowest BCUT2D eigenvalue weighted by Gasteiger charge is -2.24. The number of hydrogen-bond donors (Lipinski definition) is 1. The second kappa shape index (κ2) is 6.80. The molecule has 24 heavy (non-hydrogen) atoms. The van der Waals surface area contributed by atoms with Gasteiger partial charge in [-0.1, -0.05) is 12.1 Å². The zero-order valence-electron chi connectivity index (χ0n) is 13.4. The van der Waals surface area contributed by atoms with E-state index < -0.39 is 11.7 Å². The summed E-state index contributed by atoms with van der Waals surface area (Å²) in [5.74, 6) is 0. The highest BCUT2D eigenvalue weighted by atomic mass is 19.4. The minimum absolute atomic E-state index is 0.157. The van der Waals surface area contributed by atoms with Gasteiger partial charge in [-0.2, -0.15) is 18.3 Å². The molecule has 1 saturated heterocycles. The quantitative estimate of drug-likeness (QED) is 0.909. The van der Waals surface area contributed by atoms with Crippen LogP contribution in [0.25, 0.3) is 0 Å². The molecule has 1 fully saturated rings. The van der Waals surface area contributed by atoms with Crippen molar-refractivity contribution in [2.75, 3.05) is 18.0 Å². The Morgan fingerprint density at radius 3 is 2.83 bits per heavy atom. The number of alkyl halides is 3. The van der Waals surface area contributed by atoms with Crippen molar-refractivity contribution >= 4 is 5.69 Å². The topological polar surface area (TPSA) is 46.0 Å². The van der Waals surface area contributed by atoms with Crippen LogP contribution < -0.4 is 10.2 Å². The molecule has 3 rings (SSSR count). The number of rotatable bonds is 5. The van der Waals surface area contributed by atoms with Crippen LogP contribution in [0.4, 0.5) is 18.9 Å². The average Bonchev–Trinajstić information content (AvgIpc) is 3.18. The first kappa shape index (κ1) is 16.8. The molecule has 1 aliphatic rings. The summed E-state index contributed by atoms with van der Waals surface area (Å²) in [4.78, 5) is 5.71. The summed E-state index contributed by atoms with van der Waals surface area (Å²) >= 11 is 0. The van der Waals surface area contributed by atoms with Crippen molar-refractivity contribution in [3.8, 4) is 0 Å². The number of para-hydroxylation sites is 1. The molecule has 2 unspecified atom stereocenters. The Hall–Kier alpha value is -2.09. The Balaban J connectivity index is 1.62. The van der Waals surface area contributed by atoms with Gasteiger partial charge in [0.05, 0.1) is 12.1 Å². The van der Waals surface area contributed by atoms with Crippen molar-refractivity contribution in [2.24, 2.45) is 0 Å². The van der Waals surface area contributed by atoms with Crippen molar-refractivity contribution in [3.05, 3.63) is 42.5 Å². The third kappa shape index (κ3) is 3.87. The molecular weight excluding hydrogens is 319 g/mol. The van der Waals surface area contributed by atoms with E-state index in [4.69, 9.17) is 0 Å². The van der Waals surface area contributed by atoms with E-state index in [1.807, 2.05) is 11.8 Å². The summed E-state index contributed by atoms with van der Waals surface area (Å²) < 4.78 is 41.2. The minimum atomic E-state index is -4.33. The van der Waals surface area contributed by atoms with Crippen LogP contribution >= 0.6 is 0 Å². The fourth-order valence-electron chi connectivity index (χ4n) is 3.17. The molecule has 130 valence electrons. The van der Waals surface area contributed by atoms with Crippen LogP contribution in [-0.4, -0.2) is 39.9 Å². The number of hydrogen-bond acceptors (Lipinski definition) is 4. The van der Waals surface area contributed by atoms with Gasteiger partial charge in [0.2, 0.25) is 0 Å². The van der Waals surface area contributed by atoms with Crippen molar-refractivity contribution < 1.29 is 13.2 Å². The molecule has 1 aliphatic heterocycles. The zero-order valence-corrected chi connectivity index (χ0v) is 13.4. The standard InChI is InChI=1S/C16H20F3N5/c1-12(8-24-11-20-10-21-24)22-13-6-7-23(9-13)15-5-3-2-4-14(15)16(17,18)19/h2-5,10-13,22H,6-9H2,1H3. The lowest BCUT2D eigenvalue weighted by atomic mass is 10.1. The van der Waals surface area contributed by atoms with Crippen molar-refractivity contribution in [1.29, 1.82) is 0 Å². The Labute approximate surface area is 138 Å². The summed E-state index contributed by atoms with van der Waals surface area (Å²) in [7, 11) is 0. The van der Waals surface area contributed by atoms with Gasteiger partial charge in [-0.15, -0.1) is 0 Å². The van der Waals surface area contributed by atoms with Crippen molar-refractivity contribution in [3.63, 3.8) is 0 Å². The summed E-state index contributed by atoms with van der Waals surface area (Å²) in [6.07, 6.45) is -0.382. The first-order chi connectivity index (χ1) is 11.4. The van der Waals surface area contributed by atoms with Gasteiger partial charge in [-0.25, -0.2) is 4.98 Å². The highest BCUT2D eigenvalue weighted by Crippen LogP contribution is 2.37. The number of nitrogens with zero attached hydrogens (tertiary/aromatic N) is 4. The summed E-state index contributed by atoms with van der Waals surface area (Å²) in [6.45, 7) is 3.89. The summed E-state index contributed by atoms with van der Waals surface area (Å²) in [5.41, 5.74) is -0.306. The number of halogens is 3. The van der Waals surface area contributed by atoms with Gasteiger partial charge in [0.25, 0.3) is 0 Å². The smallest absolute Gasteiger partial charge is 0.369 e. The number of aromatic nitrogens is 3. The molecule has 8 heteroatoms. The van der Waals surface area contributed by atoms with Gasteiger partial charge in [-0.05, 0) is 25.5 Å². The Morgan fingerprint density at radius 1 is 1.33 bits per heavy atom. The van der Waals surface area contributed by atoms with Crippen LogP contribution in [0.3, 0.4) is 0 Å². The molecule has 0 aliphatic carbocycles. The lowest BCUT2D eigenvalue weighted by Crippen LogP contribution is -2.40. The molecule has 1 aromatic heterocycles. The predicted octanol–water partition coefficient (Wildman–Crippen LogP) is 2.55. The molecular formula is C16H20F3N5. The Kier molecular flexibility index (Phi) is 4.75. The van der Waals surface area contributed by atoms with Gasteiger partial charge in [0.1, 0.15) is 12.7 Å². The fourth-order valence-corrected chi connectivity index (χ4v) is 3.17. The van der Waals surface area contributed by atoms with E-state index >= 15 is 0 Å². The molecule has 0 spiro atoms. The molecule has 0 bridgehead atoms. The summed E-state index contributed by atoms with van der Waals surface area (Å²) in [6, 6.07) is 6.09. The van der Waals surface area contributed by atoms with Gasteiger partial charge in [-0.3, -0.25) is 4.68 Å².